The minimum Gasteiger partial charge on any atom is -0.493 e. The number of thiophene rings is 1. The molecule has 3 aromatic rings. The summed E-state index contributed by atoms with van der Waals surface area (Å²) in [4.78, 5) is 2.06. The van der Waals surface area contributed by atoms with Gasteiger partial charge in [0.15, 0.2) is 0 Å². The number of rotatable bonds is 12. The van der Waals surface area contributed by atoms with E-state index in [0.29, 0.717) is 29.1 Å². The lowest BCUT2D eigenvalue weighted by atomic mass is 10.2. The Balaban J connectivity index is 1.61. The van der Waals surface area contributed by atoms with Crippen LogP contribution in [0.25, 0.3) is 0 Å². The van der Waals surface area contributed by atoms with E-state index in [1.165, 1.54) is 23.5 Å². The van der Waals surface area contributed by atoms with Gasteiger partial charge in [-0.25, -0.2) is 0 Å². The summed E-state index contributed by atoms with van der Waals surface area (Å²) in [6.07, 6.45) is -3.72. The fraction of sp³-hybridized carbons (Fsp3) is 0.360. The second-order valence-corrected chi connectivity index (χ2v) is 10.5. The van der Waals surface area contributed by atoms with Crippen LogP contribution in [0.15, 0.2) is 59.5 Å². The van der Waals surface area contributed by atoms with Crippen LogP contribution < -0.4 is 9.47 Å². The van der Waals surface area contributed by atoms with Crippen molar-refractivity contribution in [3.63, 3.8) is 0 Å². The van der Waals surface area contributed by atoms with Gasteiger partial charge in [-0.15, -0.1) is 23.1 Å². The summed E-state index contributed by atoms with van der Waals surface area (Å²) in [5.74, 6) is 1.84. The van der Waals surface area contributed by atoms with Gasteiger partial charge in [0.1, 0.15) is 24.2 Å². The van der Waals surface area contributed by atoms with Crippen molar-refractivity contribution in [1.29, 1.82) is 0 Å². The van der Waals surface area contributed by atoms with Gasteiger partial charge in [-0.3, -0.25) is 0 Å². The van der Waals surface area contributed by atoms with E-state index in [1.54, 1.807) is 11.8 Å². The Bertz CT molecular complexity index is 1040. The van der Waals surface area contributed by atoms with E-state index < -0.39 is 11.7 Å². The maximum Gasteiger partial charge on any atom is 0.416 e. The molecular weight excluding hydrogens is 505 g/mol. The second kappa shape index (κ2) is 12.7. The molecule has 0 aliphatic heterocycles. The summed E-state index contributed by atoms with van der Waals surface area (Å²) >= 11 is 9.08. The first-order chi connectivity index (χ1) is 16.2. The lowest BCUT2D eigenvalue weighted by molar-refractivity contribution is -0.137. The lowest BCUT2D eigenvalue weighted by Gasteiger charge is -2.19. The SMILES string of the molecule is CCCOc1ccc(SC[C@@H](COc2ccc(C(F)(F)F)cc2)OCc2ccc(Cl)s2)cc1C. The summed E-state index contributed by atoms with van der Waals surface area (Å²) in [7, 11) is 0. The van der Waals surface area contributed by atoms with Crippen LogP contribution in [-0.4, -0.2) is 25.1 Å². The van der Waals surface area contributed by atoms with Crippen molar-refractivity contribution >= 4 is 34.7 Å². The van der Waals surface area contributed by atoms with Crippen LogP contribution in [0.3, 0.4) is 0 Å². The quantitative estimate of drug-likeness (QED) is 0.220. The van der Waals surface area contributed by atoms with Crippen molar-refractivity contribution in [3.8, 4) is 11.5 Å². The highest BCUT2D eigenvalue weighted by molar-refractivity contribution is 7.99. The van der Waals surface area contributed by atoms with E-state index >= 15 is 0 Å². The molecule has 0 radical (unpaired) electrons. The first-order valence-electron chi connectivity index (χ1n) is 10.8. The van der Waals surface area contributed by atoms with Crippen LogP contribution in [-0.2, 0) is 17.5 Å². The van der Waals surface area contributed by atoms with Crippen molar-refractivity contribution in [1.82, 2.24) is 0 Å². The van der Waals surface area contributed by atoms with Gasteiger partial charge in [0.25, 0.3) is 0 Å². The Morgan fingerprint density at radius 3 is 2.41 bits per heavy atom. The van der Waals surface area contributed by atoms with Gasteiger partial charge in [0.2, 0.25) is 0 Å². The fourth-order valence-corrected chi connectivity index (χ4v) is 4.98. The largest absolute Gasteiger partial charge is 0.493 e. The average Bonchev–Trinajstić information content (AvgIpc) is 3.22. The highest BCUT2D eigenvalue weighted by Crippen LogP contribution is 2.31. The van der Waals surface area contributed by atoms with E-state index in [0.717, 1.165) is 39.6 Å². The Morgan fingerprint density at radius 1 is 1.03 bits per heavy atom. The summed E-state index contributed by atoms with van der Waals surface area (Å²) < 4.78 is 56.6. The second-order valence-electron chi connectivity index (χ2n) is 7.56. The van der Waals surface area contributed by atoms with Crippen LogP contribution in [0.1, 0.15) is 29.3 Å². The van der Waals surface area contributed by atoms with Crippen molar-refractivity contribution < 1.29 is 27.4 Å². The van der Waals surface area contributed by atoms with E-state index in [4.69, 9.17) is 25.8 Å². The van der Waals surface area contributed by atoms with Gasteiger partial charge in [0.05, 0.1) is 23.1 Å². The number of hydrogen-bond donors (Lipinski definition) is 0. The highest BCUT2D eigenvalue weighted by Gasteiger charge is 2.30. The molecule has 0 saturated carbocycles. The first kappa shape index (κ1) is 26.7. The van der Waals surface area contributed by atoms with Gasteiger partial charge in [-0.1, -0.05) is 18.5 Å². The third-order valence-corrected chi connectivity index (χ3v) is 7.08. The third kappa shape index (κ3) is 8.41. The maximum atomic E-state index is 12.8. The molecule has 34 heavy (non-hydrogen) atoms. The molecule has 0 aliphatic carbocycles. The highest BCUT2D eigenvalue weighted by atomic mass is 35.5. The van der Waals surface area contributed by atoms with E-state index in [9.17, 15) is 13.2 Å². The molecule has 1 aromatic heterocycles. The minimum absolute atomic E-state index is 0.203. The van der Waals surface area contributed by atoms with Crippen molar-refractivity contribution in [2.75, 3.05) is 19.0 Å². The summed E-state index contributed by atoms with van der Waals surface area (Å²) in [6.45, 7) is 5.33. The smallest absolute Gasteiger partial charge is 0.416 e. The number of ether oxygens (including phenoxy) is 3. The Hall–Kier alpha value is -1.87. The van der Waals surface area contributed by atoms with E-state index in [1.807, 2.05) is 31.2 Å². The maximum absolute atomic E-state index is 12.8. The molecule has 0 bridgehead atoms. The molecule has 1 heterocycles. The van der Waals surface area contributed by atoms with Crippen LogP contribution in [0, 0.1) is 6.92 Å². The Kier molecular flexibility index (Phi) is 10.0. The predicted octanol–water partition coefficient (Wildman–Crippen LogP) is 8.27. The predicted molar refractivity (Wildman–Crippen MR) is 133 cm³/mol. The fourth-order valence-electron chi connectivity index (χ4n) is 2.98. The number of alkyl halides is 3. The molecule has 3 nitrogen and oxygen atoms in total. The van der Waals surface area contributed by atoms with Crippen LogP contribution in [0.4, 0.5) is 13.2 Å². The molecule has 0 spiro atoms. The molecule has 0 amide bonds. The summed E-state index contributed by atoms with van der Waals surface area (Å²) in [6, 6.07) is 14.4. The topological polar surface area (TPSA) is 27.7 Å². The number of benzene rings is 2. The summed E-state index contributed by atoms with van der Waals surface area (Å²) in [5, 5.41) is 0. The molecule has 0 aliphatic rings. The normalized spacial score (nSPS) is 12.5. The molecule has 0 fully saturated rings. The minimum atomic E-state index is -4.38. The monoisotopic (exact) mass is 530 g/mol. The van der Waals surface area contributed by atoms with Crippen molar-refractivity contribution in [3.05, 3.63) is 74.9 Å². The molecule has 0 N–H and O–H groups in total. The first-order valence-corrected chi connectivity index (χ1v) is 12.9. The van der Waals surface area contributed by atoms with Crippen molar-refractivity contribution in [2.45, 2.75) is 44.1 Å². The number of aryl methyl sites for hydroxylation is 1. The lowest BCUT2D eigenvalue weighted by Crippen LogP contribution is -2.24. The van der Waals surface area contributed by atoms with Gasteiger partial charge >= 0.3 is 6.18 Å². The van der Waals surface area contributed by atoms with Crippen LogP contribution in [0.5, 0.6) is 11.5 Å². The number of halogens is 4. The van der Waals surface area contributed by atoms with Gasteiger partial charge < -0.3 is 14.2 Å². The molecule has 0 saturated heterocycles. The van der Waals surface area contributed by atoms with Gasteiger partial charge in [-0.05, 0) is 73.5 Å². The third-order valence-electron chi connectivity index (χ3n) is 4.75. The molecule has 3 rings (SSSR count). The summed E-state index contributed by atoms with van der Waals surface area (Å²) in [5.41, 5.74) is 0.352. The standard InChI is InChI=1S/C25H26ClF3O3S2/c1-3-12-30-23-10-8-21(13-17(23)2)33-16-20(32-15-22-9-11-24(26)34-22)14-31-19-6-4-18(5-7-19)25(27,28)29/h4-11,13,20H,3,12,14-16H2,1-2H3/t20-/m1/s1. The van der Waals surface area contributed by atoms with Gasteiger partial charge in [0, 0.05) is 15.5 Å². The van der Waals surface area contributed by atoms with Crippen molar-refractivity contribution in [2.24, 2.45) is 0 Å². The molecular formula is C25H26ClF3O3S2. The van der Waals surface area contributed by atoms with Crippen LogP contribution in [0.2, 0.25) is 4.34 Å². The Labute approximate surface area is 211 Å². The molecule has 0 unspecified atom stereocenters. The number of hydrogen-bond acceptors (Lipinski definition) is 5. The average molecular weight is 531 g/mol. The molecule has 184 valence electrons. The number of thioether (sulfide) groups is 1. The Morgan fingerprint density at radius 2 is 1.79 bits per heavy atom. The zero-order chi connectivity index (χ0) is 24.6. The zero-order valence-corrected chi connectivity index (χ0v) is 21.3. The van der Waals surface area contributed by atoms with E-state index in [2.05, 4.69) is 13.0 Å². The van der Waals surface area contributed by atoms with Crippen LogP contribution >= 0.6 is 34.7 Å². The molecule has 9 heteroatoms. The van der Waals surface area contributed by atoms with Gasteiger partial charge in [-0.2, -0.15) is 13.2 Å². The molecule has 2 aromatic carbocycles. The zero-order valence-electron chi connectivity index (χ0n) is 18.9. The molecule has 1 atom stereocenters. The van der Waals surface area contributed by atoms with E-state index in [-0.39, 0.29) is 12.7 Å².